The van der Waals surface area contributed by atoms with E-state index in [1.807, 2.05) is 0 Å². The fraction of sp³-hybridized carbons (Fsp3) is 0.667. The van der Waals surface area contributed by atoms with Crippen LogP contribution >= 0.6 is 25.3 Å². The van der Waals surface area contributed by atoms with E-state index >= 15 is 0 Å². The summed E-state index contributed by atoms with van der Waals surface area (Å²) in [5, 5.41) is 0. The van der Waals surface area contributed by atoms with Gasteiger partial charge in [0.2, 0.25) is 0 Å². The quantitative estimate of drug-likeness (QED) is 0.506. The molecule has 0 N–H and O–H groups in total. The van der Waals surface area contributed by atoms with E-state index in [2.05, 4.69) is 34.7 Å². The zero-order chi connectivity index (χ0) is 9.98. The maximum absolute atomic E-state index is 9.88. The van der Waals surface area contributed by atoms with Crippen LogP contribution in [0, 0.1) is 0 Å². The molecular formula is C6H12O4S2. The van der Waals surface area contributed by atoms with Gasteiger partial charge in [0.1, 0.15) is 0 Å². The lowest BCUT2D eigenvalue weighted by Gasteiger charge is -1.86. The van der Waals surface area contributed by atoms with Crippen molar-refractivity contribution in [2.75, 3.05) is 25.7 Å². The van der Waals surface area contributed by atoms with Crippen molar-refractivity contribution in [2.24, 2.45) is 0 Å². The lowest BCUT2D eigenvalue weighted by molar-refractivity contribution is -0.138. The van der Waals surface area contributed by atoms with E-state index in [4.69, 9.17) is 0 Å². The van der Waals surface area contributed by atoms with Crippen molar-refractivity contribution in [3.8, 4) is 0 Å². The molecule has 0 radical (unpaired) electrons. The predicted molar refractivity (Wildman–Crippen MR) is 51.7 cm³/mol. The molecule has 12 heavy (non-hydrogen) atoms. The fourth-order valence-corrected chi connectivity index (χ4v) is 0.387. The van der Waals surface area contributed by atoms with Gasteiger partial charge in [-0.2, -0.15) is 25.3 Å². The summed E-state index contributed by atoms with van der Waals surface area (Å²) in [6.45, 7) is 0. The van der Waals surface area contributed by atoms with Crippen molar-refractivity contribution in [3.63, 3.8) is 0 Å². The van der Waals surface area contributed by atoms with Crippen molar-refractivity contribution in [1.82, 2.24) is 0 Å². The third-order valence-corrected chi connectivity index (χ3v) is 1.23. The molecule has 0 aliphatic heterocycles. The molecule has 0 aromatic carbocycles. The van der Waals surface area contributed by atoms with Crippen LogP contribution in [0.1, 0.15) is 0 Å². The Morgan fingerprint density at radius 3 is 1.25 bits per heavy atom. The Bertz CT molecular complexity index is 110. The minimum atomic E-state index is -0.293. The molecule has 0 heterocycles. The highest BCUT2D eigenvalue weighted by atomic mass is 32.1. The van der Waals surface area contributed by atoms with E-state index in [1.165, 1.54) is 14.2 Å². The maximum Gasteiger partial charge on any atom is 0.315 e. The molecule has 0 aliphatic rings. The summed E-state index contributed by atoms with van der Waals surface area (Å²) in [6.07, 6.45) is 0. The molecule has 0 atom stereocenters. The standard InChI is InChI=1S/2C3H6O2S/c2*1-5-3(4)2-6/h2*6H,2H2,1H3. The molecule has 0 aliphatic carbocycles. The molecule has 0 bridgehead atoms. The zero-order valence-corrected chi connectivity index (χ0v) is 8.73. The third kappa shape index (κ3) is 12.3. The van der Waals surface area contributed by atoms with Crippen LogP contribution in [0.15, 0.2) is 0 Å². The van der Waals surface area contributed by atoms with Gasteiger partial charge in [-0.3, -0.25) is 9.59 Å². The number of esters is 2. The van der Waals surface area contributed by atoms with Crippen LogP contribution in [-0.2, 0) is 19.1 Å². The smallest absolute Gasteiger partial charge is 0.315 e. The van der Waals surface area contributed by atoms with E-state index in [0.29, 0.717) is 0 Å². The van der Waals surface area contributed by atoms with Gasteiger partial charge in [-0.25, -0.2) is 0 Å². The summed E-state index contributed by atoms with van der Waals surface area (Å²) >= 11 is 7.24. The summed E-state index contributed by atoms with van der Waals surface area (Å²) in [5.41, 5.74) is 0. The van der Waals surface area contributed by atoms with Crippen molar-refractivity contribution < 1.29 is 19.1 Å². The Hall–Kier alpha value is -0.360. The maximum atomic E-state index is 9.88. The molecule has 0 spiro atoms. The van der Waals surface area contributed by atoms with Crippen LogP contribution in [-0.4, -0.2) is 37.7 Å². The highest BCUT2D eigenvalue weighted by Crippen LogP contribution is 1.75. The summed E-state index contributed by atoms with van der Waals surface area (Å²) in [7, 11) is 2.66. The highest BCUT2D eigenvalue weighted by Gasteiger charge is 1.88. The molecule has 0 aromatic rings. The van der Waals surface area contributed by atoms with Crippen LogP contribution in [0.4, 0.5) is 0 Å². The number of hydrogen-bond acceptors (Lipinski definition) is 6. The zero-order valence-electron chi connectivity index (χ0n) is 6.94. The number of methoxy groups -OCH3 is 2. The summed E-state index contributed by atoms with van der Waals surface area (Å²) in [5.74, 6) is -0.260. The van der Waals surface area contributed by atoms with Gasteiger partial charge in [0, 0.05) is 0 Å². The molecule has 4 nitrogen and oxygen atoms in total. The number of carbonyl (C=O) groups excluding carboxylic acids is 2. The third-order valence-electron chi connectivity index (χ3n) is 0.714. The van der Waals surface area contributed by atoms with E-state index in [1.54, 1.807) is 0 Å². The van der Waals surface area contributed by atoms with E-state index < -0.39 is 0 Å². The first-order valence-electron chi connectivity index (χ1n) is 2.97. The van der Waals surface area contributed by atoms with Gasteiger partial charge in [-0.1, -0.05) is 0 Å². The minimum absolute atomic E-state index is 0.163. The molecule has 0 saturated heterocycles. The normalized spacial score (nSPS) is 7.67. The monoisotopic (exact) mass is 212 g/mol. The summed E-state index contributed by atoms with van der Waals surface area (Å²) in [4.78, 5) is 19.8. The Kier molecular flexibility index (Phi) is 12.6. The van der Waals surface area contributed by atoms with Crippen LogP contribution in [0.2, 0.25) is 0 Å². The summed E-state index contributed by atoms with van der Waals surface area (Å²) in [6, 6.07) is 0. The van der Waals surface area contributed by atoms with Crippen molar-refractivity contribution in [2.45, 2.75) is 0 Å². The molecule has 0 aromatic heterocycles. The molecule has 0 rings (SSSR count). The topological polar surface area (TPSA) is 52.6 Å². The molecule has 6 heteroatoms. The first-order valence-corrected chi connectivity index (χ1v) is 4.24. The van der Waals surface area contributed by atoms with Crippen molar-refractivity contribution in [3.05, 3.63) is 0 Å². The van der Waals surface area contributed by atoms with Gasteiger partial charge >= 0.3 is 11.9 Å². The predicted octanol–water partition coefficient (Wildman–Crippen LogP) is 0.178. The SMILES string of the molecule is COC(=O)CS.COC(=O)CS. The minimum Gasteiger partial charge on any atom is -0.468 e. The van der Waals surface area contributed by atoms with Crippen LogP contribution in [0.5, 0.6) is 0 Å². The Morgan fingerprint density at radius 2 is 1.25 bits per heavy atom. The van der Waals surface area contributed by atoms with Gasteiger partial charge in [0.05, 0.1) is 25.7 Å². The molecular weight excluding hydrogens is 200 g/mol. The Morgan fingerprint density at radius 1 is 1.00 bits per heavy atom. The number of ether oxygens (including phenoxy) is 2. The van der Waals surface area contributed by atoms with Gasteiger partial charge in [0.15, 0.2) is 0 Å². The lowest BCUT2D eigenvalue weighted by Crippen LogP contribution is -1.99. The average Bonchev–Trinajstić information content (AvgIpc) is 2.16. The Labute approximate surface area is 82.4 Å². The highest BCUT2D eigenvalue weighted by molar-refractivity contribution is 7.81. The van der Waals surface area contributed by atoms with E-state index in [9.17, 15) is 9.59 Å². The van der Waals surface area contributed by atoms with E-state index in [0.717, 1.165) is 0 Å². The van der Waals surface area contributed by atoms with Crippen LogP contribution in [0.25, 0.3) is 0 Å². The molecule has 0 fully saturated rings. The van der Waals surface area contributed by atoms with Crippen molar-refractivity contribution in [1.29, 1.82) is 0 Å². The lowest BCUT2D eigenvalue weighted by atomic mass is 10.8. The second-order valence-corrected chi connectivity index (χ2v) is 2.10. The van der Waals surface area contributed by atoms with Gasteiger partial charge in [-0.15, -0.1) is 0 Å². The van der Waals surface area contributed by atoms with Gasteiger partial charge < -0.3 is 9.47 Å². The number of thiol groups is 2. The Balaban J connectivity index is 0. The second kappa shape index (κ2) is 10.6. The number of carbonyl (C=O) groups is 2. The van der Waals surface area contributed by atoms with Gasteiger partial charge in [-0.05, 0) is 0 Å². The number of rotatable bonds is 2. The largest absolute Gasteiger partial charge is 0.468 e. The van der Waals surface area contributed by atoms with Crippen LogP contribution < -0.4 is 0 Å². The molecule has 72 valence electrons. The van der Waals surface area contributed by atoms with Crippen LogP contribution in [0.3, 0.4) is 0 Å². The fourth-order valence-electron chi connectivity index (χ4n) is 0.129. The van der Waals surface area contributed by atoms with Gasteiger partial charge in [0.25, 0.3) is 0 Å². The average molecular weight is 212 g/mol. The molecule has 0 amide bonds. The first kappa shape index (κ1) is 14.2. The number of hydrogen-bond donors (Lipinski definition) is 2. The second-order valence-electron chi connectivity index (χ2n) is 1.47. The summed E-state index contributed by atoms with van der Waals surface area (Å²) < 4.78 is 8.37. The van der Waals surface area contributed by atoms with E-state index in [-0.39, 0.29) is 23.4 Å². The molecule has 0 unspecified atom stereocenters. The molecule has 0 saturated carbocycles. The first-order chi connectivity index (χ1) is 5.62. The van der Waals surface area contributed by atoms with Crippen molar-refractivity contribution >= 4 is 37.2 Å².